The molecule has 0 unspecified atom stereocenters. The van der Waals surface area contributed by atoms with Crippen LogP contribution in [0.4, 0.5) is 0 Å². The fourth-order valence-corrected chi connectivity index (χ4v) is 0.475. The molecule has 0 bridgehead atoms. The number of guanidine groups is 1. The predicted octanol–water partition coefficient (Wildman–Crippen LogP) is 0.645. The maximum atomic E-state index is 6.73. The van der Waals surface area contributed by atoms with Crippen molar-refractivity contribution >= 4 is 12.2 Å². The minimum Gasteiger partial charge on any atom is -0.369 e. The van der Waals surface area contributed by atoms with E-state index in [9.17, 15) is 0 Å². The predicted molar refractivity (Wildman–Crippen MR) is 43.1 cm³/mol. The highest BCUT2D eigenvalue weighted by atomic mass is 15.3. The van der Waals surface area contributed by atoms with E-state index in [0.717, 1.165) is 19.3 Å². The maximum absolute atomic E-state index is 6.73. The van der Waals surface area contributed by atoms with Crippen LogP contribution in [0.3, 0.4) is 0 Å². The monoisotopic (exact) mass is 142 g/mol. The number of hydrogen-bond acceptors (Lipinski definition) is 2. The topological polar surface area (TPSA) is 74.3 Å². The lowest BCUT2D eigenvalue weighted by Gasteiger charge is -1.92. The Morgan fingerprint density at radius 3 is 3.00 bits per heavy atom. The van der Waals surface area contributed by atoms with Crippen LogP contribution in [-0.4, -0.2) is 12.2 Å². The summed E-state index contributed by atoms with van der Waals surface area (Å²) in [6.45, 7) is 2.12. The number of nitrogens with zero attached hydrogens (tertiary/aromatic N) is 1. The molecule has 0 aromatic rings. The standard InChI is InChI=1S/C6H14N4/c1-2-3-4-5-9-10-6(7)8/h5H,2-4H2,1H3,(H4,7,8,10)/b9-5+. The van der Waals surface area contributed by atoms with Crippen molar-refractivity contribution < 1.29 is 0 Å². The van der Waals surface area contributed by atoms with Crippen LogP contribution in [0, 0.1) is 5.41 Å². The van der Waals surface area contributed by atoms with Crippen molar-refractivity contribution in [2.75, 3.05) is 0 Å². The first-order chi connectivity index (χ1) is 4.77. The summed E-state index contributed by atoms with van der Waals surface area (Å²) in [7, 11) is 0. The molecule has 0 aliphatic carbocycles. The molecule has 0 spiro atoms. The third-order valence-corrected chi connectivity index (χ3v) is 0.963. The minimum atomic E-state index is -0.118. The van der Waals surface area contributed by atoms with Crippen molar-refractivity contribution in [3.8, 4) is 0 Å². The first-order valence-electron chi connectivity index (χ1n) is 3.39. The Bertz CT molecular complexity index is 119. The van der Waals surface area contributed by atoms with Crippen molar-refractivity contribution in [3.05, 3.63) is 0 Å². The summed E-state index contributed by atoms with van der Waals surface area (Å²) < 4.78 is 0. The molecule has 0 heterocycles. The van der Waals surface area contributed by atoms with Gasteiger partial charge < -0.3 is 5.73 Å². The van der Waals surface area contributed by atoms with Crippen LogP contribution in [-0.2, 0) is 0 Å². The molecule has 0 aromatic heterocycles. The number of rotatable bonds is 4. The second kappa shape index (κ2) is 6.07. The van der Waals surface area contributed by atoms with E-state index in [0.29, 0.717) is 0 Å². The zero-order valence-electron chi connectivity index (χ0n) is 6.22. The van der Waals surface area contributed by atoms with E-state index in [1.54, 1.807) is 6.21 Å². The van der Waals surface area contributed by atoms with Gasteiger partial charge in [0.05, 0.1) is 0 Å². The number of nitrogens with one attached hydrogen (secondary N) is 2. The second-order valence-electron chi connectivity index (χ2n) is 1.98. The Kier molecular flexibility index (Phi) is 5.42. The average Bonchev–Trinajstić information content (AvgIpc) is 1.87. The van der Waals surface area contributed by atoms with Gasteiger partial charge in [0, 0.05) is 6.21 Å². The second-order valence-corrected chi connectivity index (χ2v) is 1.98. The Balaban J connectivity index is 3.12. The van der Waals surface area contributed by atoms with Gasteiger partial charge in [0.2, 0.25) is 5.96 Å². The van der Waals surface area contributed by atoms with Gasteiger partial charge in [-0.1, -0.05) is 13.3 Å². The lowest BCUT2D eigenvalue weighted by Crippen LogP contribution is -2.25. The molecule has 4 nitrogen and oxygen atoms in total. The van der Waals surface area contributed by atoms with Crippen LogP contribution >= 0.6 is 0 Å². The van der Waals surface area contributed by atoms with E-state index in [4.69, 9.17) is 11.1 Å². The van der Waals surface area contributed by atoms with Crippen molar-refractivity contribution in [3.63, 3.8) is 0 Å². The van der Waals surface area contributed by atoms with Gasteiger partial charge in [-0.25, -0.2) is 5.43 Å². The fraction of sp³-hybridized carbons (Fsp3) is 0.667. The van der Waals surface area contributed by atoms with Crippen LogP contribution in [0.15, 0.2) is 5.10 Å². The highest BCUT2D eigenvalue weighted by molar-refractivity contribution is 5.75. The van der Waals surface area contributed by atoms with Gasteiger partial charge in [-0.2, -0.15) is 5.10 Å². The lowest BCUT2D eigenvalue weighted by atomic mass is 10.3. The molecule has 0 amide bonds. The van der Waals surface area contributed by atoms with Crippen molar-refractivity contribution in [1.29, 1.82) is 5.41 Å². The molecule has 0 rings (SSSR count). The Hall–Kier alpha value is -1.06. The van der Waals surface area contributed by atoms with Crippen molar-refractivity contribution in [2.24, 2.45) is 10.8 Å². The highest BCUT2D eigenvalue weighted by Crippen LogP contribution is 1.88. The molecule has 0 aliphatic rings. The van der Waals surface area contributed by atoms with Gasteiger partial charge in [-0.3, -0.25) is 5.41 Å². The third-order valence-electron chi connectivity index (χ3n) is 0.963. The van der Waals surface area contributed by atoms with Gasteiger partial charge in [-0.15, -0.1) is 0 Å². The normalized spacial score (nSPS) is 10.1. The first kappa shape index (κ1) is 8.94. The molecule has 0 saturated heterocycles. The maximum Gasteiger partial charge on any atom is 0.206 e. The molecule has 0 radical (unpaired) electrons. The molecular formula is C6H14N4. The zero-order chi connectivity index (χ0) is 7.82. The van der Waals surface area contributed by atoms with E-state index >= 15 is 0 Å². The summed E-state index contributed by atoms with van der Waals surface area (Å²) >= 11 is 0. The van der Waals surface area contributed by atoms with Crippen LogP contribution in [0.1, 0.15) is 26.2 Å². The molecule has 10 heavy (non-hydrogen) atoms. The van der Waals surface area contributed by atoms with Gasteiger partial charge in [0.25, 0.3) is 0 Å². The van der Waals surface area contributed by atoms with Crippen molar-refractivity contribution in [1.82, 2.24) is 5.43 Å². The summed E-state index contributed by atoms with van der Waals surface area (Å²) in [6.07, 6.45) is 4.96. The van der Waals surface area contributed by atoms with Crippen LogP contribution in [0.5, 0.6) is 0 Å². The molecule has 0 atom stereocenters. The molecule has 4 heteroatoms. The number of unbranched alkanes of at least 4 members (excludes halogenated alkanes) is 2. The van der Waals surface area contributed by atoms with E-state index in [2.05, 4.69) is 17.5 Å². The van der Waals surface area contributed by atoms with Gasteiger partial charge in [0.15, 0.2) is 0 Å². The summed E-state index contributed by atoms with van der Waals surface area (Å²) in [5.74, 6) is -0.118. The van der Waals surface area contributed by atoms with Gasteiger partial charge in [-0.05, 0) is 12.8 Å². The van der Waals surface area contributed by atoms with E-state index in [1.807, 2.05) is 0 Å². The van der Waals surface area contributed by atoms with Crippen LogP contribution in [0.25, 0.3) is 0 Å². The van der Waals surface area contributed by atoms with Gasteiger partial charge in [0.1, 0.15) is 0 Å². The summed E-state index contributed by atoms with van der Waals surface area (Å²) in [5.41, 5.74) is 7.30. The SMILES string of the molecule is CCCC/C=N/NC(=N)N. The molecular weight excluding hydrogens is 128 g/mol. The number of hydrazone groups is 1. The Morgan fingerprint density at radius 2 is 2.50 bits per heavy atom. The molecule has 0 fully saturated rings. The minimum absolute atomic E-state index is 0.118. The fourth-order valence-electron chi connectivity index (χ4n) is 0.475. The zero-order valence-corrected chi connectivity index (χ0v) is 6.22. The summed E-state index contributed by atoms with van der Waals surface area (Å²) in [6, 6.07) is 0. The smallest absolute Gasteiger partial charge is 0.206 e. The van der Waals surface area contributed by atoms with Gasteiger partial charge >= 0.3 is 0 Å². The molecule has 0 saturated carbocycles. The van der Waals surface area contributed by atoms with Crippen molar-refractivity contribution in [2.45, 2.75) is 26.2 Å². The third kappa shape index (κ3) is 6.94. The Morgan fingerprint density at radius 1 is 1.80 bits per heavy atom. The van der Waals surface area contributed by atoms with E-state index < -0.39 is 0 Å². The lowest BCUT2D eigenvalue weighted by molar-refractivity contribution is 0.836. The van der Waals surface area contributed by atoms with Crippen LogP contribution < -0.4 is 11.2 Å². The largest absolute Gasteiger partial charge is 0.369 e. The summed E-state index contributed by atoms with van der Waals surface area (Å²) in [4.78, 5) is 0. The number of nitrogens with two attached hydrogens (primary N) is 1. The molecule has 4 N–H and O–H groups in total. The van der Waals surface area contributed by atoms with E-state index in [-0.39, 0.29) is 5.96 Å². The molecule has 0 aliphatic heterocycles. The average molecular weight is 142 g/mol. The van der Waals surface area contributed by atoms with Crippen LogP contribution in [0.2, 0.25) is 0 Å². The molecule has 58 valence electrons. The quantitative estimate of drug-likeness (QED) is 0.233. The van der Waals surface area contributed by atoms with E-state index in [1.165, 1.54) is 0 Å². The highest BCUT2D eigenvalue weighted by Gasteiger charge is 1.79. The number of hydrogen-bond donors (Lipinski definition) is 3. The Labute approximate surface area is 61.0 Å². The summed E-state index contributed by atoms with van der Waals surface area (Å²) in [5, 5.41) is 10.4. The molecule has 0 aromatic carbocycles. The first-order valence-corrected chi connectivity index (χ1v) is 3.39.